The second-order valence-electron chi connectivity index (χ2n) is 7.10. The van der Waals surface area contributed by atoms with Crippen LogP contribution in [0.25, 0.3) is 0 Å². The highest BCUT2D eigenvalue weighted by atomic mass is 32.2. The Balaban J connectivity index is 1.96. The number of hydrogen-bond donors (Lipinski definition) is 2. The van der Waals surface area contributed by atoms with Crippen LogP contribution in [0.15, 0.2) is 59.5 Å². The van der Waals surface area contributed by atoms with Crippen LogP contribution in [-0.4, -0.2) is 19.5 Å². The number of aliphatic carboxylic acids is 1. The summed E-state index contributed by atoms with van der Waals surface area (Å²) in [7, 11) is -3.60. The quantitative estimate of drug-likeness (QED) is 0.497. The summed E-state index contributed by atoms with van der Waals surface area (Å²) in [5, 5.41) is 8.67. The van der Waals surface area contributed by atoms with Crippen LogP contribution in [0.4, 0.5) is 0 Å². The fraction of sp³-hybridized carbons (Fsp3) is 0.409. The third-order valence-electron chi connectivity index (χ3n) is 4.71. The molecule has 0 spiro atoms. The van der Waals surface area contributed by atoms with Crippen LogP contribution < -0.4 is 4.72 Å². The molecule has 0 aromatic heterocycles. The van der Waals surface area contributed by atoms with Crippen molar-refractivity contribution in [3.63, 3.8) is 0 Å². The van der Waals surface area contributed by atoms with Crippen LogP contribution in [0.1, 0.15) is 62.1 Å². The van der Waals surface area contributed by atoms with Gasteiger partial charge in [-0.05, 0) is 37.5 Å². The summed E-state index contributed by atoms with van der Waals surface area (Å²) in [6.07, 6.45) is 5.28. The first-order valence-corrected chi connectivity index (χ1v) is 11.2. The van der Waals surface area contributed by atoms with E-state index in [1.54, 1.807) is 24.3 Å². The van der Waals surface area contributed by atoms with Crippen LogP contribution in [-0.2, 0) is 14.8 Å². The molecule has 2 N–H and O–H groups in total. The maximum atomic E-state index is 12.8. The Labute approximate surface area is 167 Å². The number of nitrogens with one attached hydrogen (secondary N) is 1. The molecule has 0 aliphatic heterocycles. The van der Waals surface area contributed by atoms with E-state index in [9.17, 15) is 13.2 Å². The molecular weight excluding hydrogens is 374 g/mol. The van der Waals surface area contributed by atoms with E-state index in [1.807, 2.05) is 37.3 Å². The first kappa shape index (κ1) is 22.1. The molecule has 5 nitrogen and oxygen atoms in total. The van der Waals surface area contributed by atoms with Crippen molar-refractivity contribution in [2.75, 3.05) is 0 Å². The molecule has 2 aromatic carbocycles. The highest BCUT2D eigenvalue weighted by Crippen LogP contribution is 2.23. The van der Waals surface area contributed by atoms with Gasteiger partial charge in [0.1, 0.15) is 0 Å². The van der Waals surface area contributed by atoms with E-state index in [4.69, 9.17) is 5.11 Å². The summed E-state index contributed by atoms with van der Waals surface area (Å²) in [6, 6.07) is 16.2. The minimum atomic E-state index is -3.60. The summed E-state index contributed by atoms with van der Waals surface area (Å²) in [5.41, 5.74) is 1.96. The van der Waals surface area contributed by atoms with Gasteiger partial charge in [0.25, 0.3) is 0 Å². The molecule has 0 aliphatic carbocycles. The smallest absolute Gasteiger partial charge is 0.303 e. The highest BCUT2D eigenvalue weighted by Gasteiger charge is 2.21. The monoisotopic (exact) mass is 403 g/mol. The maximum absolute atomic E-state index is 12.8. The van der Waals surface area contributed by atoms with Gasteiger partial charge < -0.3 is 5.11 Å². The van der Waals surface area contributed by atoms with Crippen LogP contribution >= 0.6 is 0 Å². The largest absolute Gasteiger partial charge is 0.481 e. The fourth-order valence-electron chi connectivity index (χ4n) is 3.11. The van der Waals surface area contributed by atoms with Crippen molar-refractivity contribution in [2.45, 2.75) is 62.8 Å². The lowest BCUT2D eigenvalue weighted by molar-refractivity contribution is -0.137. The van der Waals surface area contributed by atoms with Gasteiger partial charge in [0.05, 0.1) is 4.90 Å². The first-order chi connectivity index (χ1) is 13.4. The number of carboxylic acids is 1. The first-order valence-electron chi connectivity index (χ1n) is 9.74. The molecule has 1 atom stereocenters. The van der Waals surface area contributed by atoms with Crippen molar-refractivity contribution >= 4 is 16.0 Å². The summed E-state index contributed by atoms with van der Waals surface area (Å²) < 4.78 is 28.5. The lowest BCUT2D eigenvalue weighted by Gasteiger charge is -2.19. The van der Waals surface area contributed by atoms with E-state index >= 15 is 0 Å². The third kappa shape index (κ3) is 7.44. The molecule has 0 fully saturated rings. The number of sulfonamides is 1. The van der Waals surface area contributed by atoms with Crippen LogP contribution in [0.3, 0.4) is 0 Å². The SMILES string of the molecule is Cc1ccc(S(=O)(=O)NC(CCCCCCCC(=O)O)c2ccccc2)cc1. The predicted octanol–water partition coefficient (Wildman–Crippen LogP) is 4.83. The Bertz CT molecular complexity index is 833. The van der Waals surface area contributed by atoms with Gasteiger partial charge in [0.2, 0.25) is 10.0 Å². The molecule has 0 saturated carbocycles. The standard InChI is InChI=1S/C22H29NO4S/c1-18-14-16-20(17-15-18)28(26,27)23-21(19-10-6-5-7-11-19)12-8-3-2-4-9-13-22(24)25/h5-7,10-11,14-17,21,23H,2-4,8-9,12-13H2,1H3,(H,24,25). The van der Waals surface area contributed by atoms with E-state index in [0.29, 0.717) is 12.8 Å². The Morgan fingerprint density at radius 2 is 1.54 bits per heavy atom. The van der Waals surface area contributed by atoms with Gasteiger partial charge >= 0.3 is 5.97 Å². The van der Waals surface area contributed by atoms with Crippen molar-refractivity contribution in [1.29, 1.82) is 0 Å². The molecule has 28 heavy (non-hydrogen) atoms. The van der Waals surface area contributed by atoms with Gasteiger partial charge in [-0.2, -0.15) is 0 Å². The summed E-state index contributed by atoms with van der Waals surface area (Å²) >= 11 is 0. The molecule has 1 unspecified atom stereocenters. The zero-order valence-electron chi connectivity index (χ0n) is 16.3. The van der Waals surface area contributed by atoms with Crippen molar-refractivity contribution in [3.05, 3.63) is 65.7 Å². The van der Waals surface area contributed by atoms with Gasteiger partial charge in [0, 0.05) is 12.5 Å². The third-order valence-corrected chi connectivity index (χ3v) is 6.20. The summed E-state index contributed by atoms with van der Waals surface area (Å²) in [6.45, 7) is 1.92. The molecule has 0 heterocycles. The molecule has 0 radical (unpaired) electrons. The van der Waals surface area contributed by atoms with Crippen LogP contribution in [0.2, 0.25) is 0 Å². The fourth-order valence-corrected chi connectivity index (χ4v) is 4.37. The van der Waals surface area contributed by atoms with Crippen molar-refractivity contribution in [2.24, 2.45) is 0 Å². The molecule has 0 amide bonds. The molecule has 0 aliphatic rings. The second-order valence-corrected chi connectivity index (χ2v) is 8.81. The molecule has 2 rings (SSSR count). The summed E-state index contributed by atoms with van der Waals surface area (Å²) in [5.74, 6) is -0.755. The number of benzene rings is 2. The molecule has 2 aromatic rings. The Morgan fingerprint density at radius 3 is 2.18 bits per heavy atom. The normalized spacial score (nSPS) is 12.6. The van der Waals surface area contributed by atoms with E-state index in [2.05, 4.69) is 4.72 Å². The molecule has 0 saturated heterocycles. The molecule has 0 bridgehead atoms. The van der Waals surface area contributed by atoms with Crippen molar-refractivity contribution in [3.8, 4) is 0 Å². The minimum absolute atomic E-state index is 0.211. The average molecular weight is 404 g/mol. The topological polar surface area (TPSA) is 83.5 Å². The molecular formula is C22H29NO4S. The Hall–Kier alpha value is -2.18. The lowest BCUT2D eigenvalue weighted by Crippen LogP contribution is -2.28. The average Bonchev–Trinajstić information content (AvgIpc) is 2.67. The van der Waals surface area contributed by atoms with Crippen LogP contribution in [0.5, 0.6) is 0 Å². The Morgan fingerprint density at radius 1 is 0.929 bits per heavy atom. The van der Waals surface area contributed by atoms with Gasteiger partial charge in [0.15, 0.2) is 0 Å². The number of carbonyl (C=O) groups is 1. The number of hydrogen-bond acceptors (Lipinski definition) is 3. The van der Waals surface area contributed by atoms with E-state index in [1.165, 1.54) is 0 Å². The molecule has 152 valence electrons. The number of rotatable bonds is 12. The maximum Gasteiger partial charge on any atom is 0.303 e. The van der Waals surface area contributed by atoms with Gasteiger partial charge in [-0.1, -0.05) is 73.7 Å². The number of aryl methyl sites for hydroxylation is 1. The van der Waals surface area contributed by atoms with E-state index in [-0.39, 0.29) is 17.4 Å². The highest BCUT2D eigenvalue weighted by molar-refractivity contribution is 7.89. The molecule has 6 heteroatoms. The van der Waals surface area contributed by atoms with Gasteiger partial charge in [-0.15, -0.1) is 0 Å². The van der Waals surface area contributed by atoms with Gasteiger partial charge in [-0.3, -0.25) is 4.79 Å². The Kier molecular flexibility index (Phi) is 8.67. The second kappa shape index (κ2) is 11.0. The van der Waals surface area contributed by atoms with Gasteiger partial charge in [-0.25, -0.2) is 13.1 Å². The summed E-state index contributed by atoms with van der Waals surface area (Å²) in [4.78, 5) is 10.8. The zero-order chi connectivity index (χ0) is 20.4. The predicted molar refractivity (Wildman–Crippen MR) is 111 cm³/mol. The lowest BCUT2D eigenvalue weighted by atomic mass is 10.0. The minimum Gasteiger partial charge on any atom is -0.481 e. The number of carboxylic acid groups (broad SMARTS) is 1. The zero-order valence-corrected chi connectivity index (χ0v) is 17.1. The van der Waals surface area contributed by atoms with Crippen molar-refractivity contribution < 1.29 is 18.3 Å². The van der Waals surface area contributed by atoms with Crippen molar-refractivity contribution in [1.82, 2.24) is 4.72 Å². The van der Waals surface area contributed by atoms with Crippen LogP contribution in [0, 0.1) is 6.92 Å². The van der Waals surface area contributed by atoms with E-state index in [0.717, 1.165) is 36.8 Å². The van der Waals surface area contributed by atoms with E-state index < -0.39 is 16.0 Å². The number of unbranched alkanes of at least 4 members (excludes halogenated alkanes) is 4.